The molecule has 1 aliphatic carbocycles. The van der Waals surface area contributed by atoms with Crippen molar-refractivity contribution in [2.75, 3.05) is 33.9 Å². The first kappa shape index (κ1) is 21.3. The third-order valence-corrected chi connectivity index (χ3v) is 5.74. The Bertz CT molecular complexity index is 635. The molecular formula is C20H32IN3O2. The van der Waals surface area contributed by atoms with Crippen molar-refractivity contribution in [1.29, 1.82) is 0 Å². The van der Waals surface area contributed by atoms with E-state index in [1.165, 1.54) is 0 Å². The van der Waals surface area contributed by atoms with Crippen LogP contribution in [0.1, 0.15) is 25.8 Å². The summed E-state index contributed by atoms with van der Waals surface area (Å²) in [5, 5.41) is 3.67. The van der Waals surface area contributed by atoms with Gasteiger partial charge >= 0.3 is 0 Å². The molecule has 0 amide bonds. The molecule has 1 aliphatic heterocycles. The average molecular weight is 473 g/mol. The normalized spacial score (nSPS) is 26.3. The molecule has 2 fully saturated rings. The number of hydrogen-bond donors (Lipinski definition) is 1. The van der Waals surface area contributed by atoms with Crippen molar-refractivity contribution in [2.24, 2.45) is 16.3 Å². The molecule has 1 N–H and O–H groups in total. The van der Waals surface area contributed by atoms with Gasteiger partial charge in [0.2, 0.25) is 0 Å². The topological polar surface area (TPSA) is 46.1 Å². The van der Waals surface area contributed by atoms with E-state index in [0.717, 1.165) is 36.8 Å². The third-order valence-electron chi connectivity index (χ3n) is 5.74. The maximum atomic E-state index is 5.91. The van der Waals surface area contributed by atoms with Crippen LogP contribution in [-0.2, 0) is 4.74 Å². The molecular weight excluding hydrogens is 441 g/mol. The minimum atomic E-state index is 0. The predicted octanol–water partition coefficient (Wildman–Crippen LogP) is 3.31. The number of rotatable bonds is 5. The molecule has 3 unspecified atom stereocenters. The second kappa shape index (κ2) is 8.78. The minimum absolute atomic E-state index is 0. The van der Waals surface area contributed by atoms with Crippen LogP contribution in [0.2, 0.25) is 0 Å². The van der Waals surface area contributed by atoms with E-state index in [2.05, 4.69) is 49.1 Å². The molecule has 6 heteroatoms. The molecule has 1 saturated carbocycles. The number of hydrogen-bond acceptors (Lipinski definition) is 3. The molecule has 3 rings (SSSR count). The van der Waals surface area contributed by atoms with Crippen molar-refractivity contribution >= 4 is 29.9 Å². The summed E-state index contributed by atoms with van der Waals surface area (Å²) in [6.07, 6.45) is 1.53. The minimum Gasteiger partial charge on any atom is -0.491 e. The van der Waals surface area contributed by atoms with Gasteiger partial charge in [-0.15, -0.1) is 24.0 Å². The number of benzene rings is 1. The van der Waals surface area contributed by atoms with Gasteiger partial charge in [0, 0.05) is 38.1 Å². The van der Waals surface area contributed by atoms with Gasteiger partial charge in [-0.25, -0.2) is 0 Å². The van der Waals surface area contributed by atoms with Crippen LogP contribution in [0.15, 0.2) is 29.3 Å². The van der Waals surface area contributed by atoms with Gasteiger partial charge in [0.1, 0.15) is 12.4 Å². The Labute approximate surface area is 174 Å². The van der Waals surface area contributed by atoms with Gasteiger partial charge in [-0.1, -0.05) is 32.0 Å². The van der Waals surface area contributed by atoms with E-state index in [-0.39, 0.29) is 29.4 Å². The summed E-state index contributed by atoms with van der Waals surface area (Å²) in [6, 6.07) is 8.53. The number of ether oxygens (including phenoxy) is 2. The summed E-state index contributed by atoms with van der Waals surface area (Å²) in [7, 11) is 3.90. The molecule has 0 bridgehead atoms. The van der Waals surface area contributed by atoms with Gasteiger partial charge in [-0.3, -0.25) is 4.99 Å². The Morgan fingerprint density at radius 3 is 2.81 bits per heavy atom. The van der Waals surface area contributed by atoms with Crippen LogP contribution < -0.4 is 10.1 Å². The SMILES string of the molecule is CN=C(NC1C2CCOC2C1(C)C)N(C)CCOc1ccccc1C.I. The molecule has 1 heterocycles. The Kier molecular flexibility index (Phi) is 7.19. The smallest absolute Gasteiger partial charge is 0.193 e. The Morgan fingerprint density at radius 2 is 2.12 bits per heavy atom. The molecule has 146 valence electrons. The first-order valence-corrected chi connectivity index (χ1v) is 9.19. The Morgan fingerprint density at radius 1 is 1.38 bits per heavy atom. The van der Waals surface area contributed by atoms with E-state index < -0.39 is 0 Å². The monoisotopic (exact) mass is 473 g/mol. The third kappa shape index (κ3) is 4.11. The summed E-state index contributed by atoms with van der Waals surface area (Å²) in [5.41, 5.74) is 1.31. The zero-order valence-corrected chi connectivity index (χ0v) is 18.8. The summed E-state index contributed by atoms with van der Waals surface area (Å²) in [5.74, 6) is 2.48. The van der Waals surface area contributed by atoms with Crippen LogP contribution in [0.3, 0.4) is 0 Å². The second-order valence-electron chi connectivity index (χ2n) is 7.77. The molecule has 0 aromatic heterocycles. The summed E-state index contributed by atoms with van der Waals surface area (Å²) < 4.78 is 11.8. The van der Waals surface area contributed by atoms with Gasteiger partial charge in [0.15, 0.2) is 5.96 Å². The highest BCUT2D eigenvalue weighted by molar-refractivity contribution is 14.0. The number of para-hydroxylation sites is 1. The van der Waals surface area contributed by atoms with Gasteiger partial charge in [0.05, 0.1) is 12.6 Å². The molecule has 0 spiro atoms. The van der Waals surface area contributed by atoms with Crippen molar-refractivity contribution in [3.05, 3.63) is 29.8 Å². The first-order valence-electron chi connectivity index (χ1n) is 9.19. The summed E-state index contributed by atoms with van der Waals surface area (Å²) in [4.78, 5) is 6.60. The van der Waals surface area contributed by atoms with Crippen LogP contribution >= 0.6 is 24.0 Å². The van der Waals surface area contributed by atoms with Crippen molar-refractivity contribution in [1.82, 2.24) is 10.2 Å². The number of aryl methyl sites for hydroxylation is 1. The van der Waals surface area contributed by atoms with Crippen molar-refractivity contribution in [3.63, 3.8) is 0 Å². The number of nitrogens with one attached hydrogen (secondary N) is 1. The van der Waals surface area contributed by atoms with Gasteiger partial charge in [-0.05, 0) is 25.0 Å². The van der Waals surface area contributed by atoms with Crippen LogP contribution in [0, 0.1) is 18.3 Å². The second-order valence-corrected chi connectivity index (χ2v) is 7.77. The molecule has 0 radical (unpaired) electrons. The largest absolute Gasteiger partial charge is 0.491 e. The van der Waals surface area contributed by atoms with Crippen molar-refractivity contribution < 1.29 is 9.47 Å². The standard InChI is InChI=1S/C20H31N3O2.HI/c1-14-8-6-7-9-16(14)24-13-11-23(5)19(21-4)22-17-15-10-12-25-18(15)20(17,2)3;/h6-9,15,17-18H,10-13H2,1-5H3,(H,21,22);1H. The van der Waals surface area contributed by atoms with Crippen LogP contribution in [-0.4, -0.2) is 56.9 Å². The molecule has 5 nitrogen and oxygen atoms in total. The fourth-order valence-electron chi connectivity index (χ4n) is 4.22. The predicted molar refractivity (Wildman–Crippen MR) is 117 cm³/mol. The van der Waals surface area contributed by atoms with E-state index >= 15 is 0 Å². The molecule has 26 heavy (non-hydrogen) atoms. The number of halogens is 1. The van der Waals surface area contributed by atoms with Crippen molar-refractivity contribution in [3.8, 4) is 5.75 Å². The van der Waals surface area contributed by atoms with E-state index in [0.29, 0.717) is 24.7 Å². The number of guanidine groups is 1. The number of aliphatic imine (C=N–C) groups is 1. The van der Waals surface area contributed by atoms with Gasteiger partial charge < -0.3 is 19.7 Å². The lowest BCUT2D eigenvalue weighted by molar-refractivity contribution is -0.107. The summed E-state index contributed by atoms with van der Waals surface area (Å²) >= 11 is 0. The lowest BCUT2D eigenvalue weighted by Gasteiger charge is -2.55. The zero-order chi connectivity index (χ0) is 18.0. The molecule has 3 atom stereocenters. The quantitative estimate of drug-likeness (QED) is 0.405. The fraction of sp³-hybridized carbons (Fsp3) is 0.650. The maximum absolute atomic E-state index is 5.91. The zero-order valence-electron chi connectivity index (χ0n) is 16.5. The Hall–Kier alpha value is -1.02. The molecule has 2 aliphatic rings. The maximum Gasteiger partial charge on any atom is 0.193 e. The van der Waals surface area contributed by atoms with E-state index in [1.807, 2.05) is 25.2 Å². The number of likely N-dealkylation sites (N-methyl/N-ethyl adjacent to an activating group) is 1. The van der Waals surface area contributed by atoms with Crippen LogP contribution in [0.4, 0.5) is 0 Å². The number of nitrogens with zero attached hydrogens (tertiary/aromatic N) is 2. The molecule has 1 saturated heterocycles. The van der Waals surface area contributed by atoms with Crippen LogP contribution in [0.5, 0.6) is 5.75 Å². The lowest BCUT2D eigenvalue weighted by atomic mass is 9.57. The van der Waals surface area contributed by atoms with E-state index in [4.69, 9.17) is 9.47 Å². The van der Waals surface area contributed by atoms with E-state index in [9.17, 15) is 0 Å². The van der Waals surface area contributed by atoms with Gasteiger partial charge in [0.25, 0.3) is 0 Å². The highest BCUT2D eigenvalue weighted by Crippen LogP contribution is 2.52. The number of fused-ring (bicyclic) bond motifs is 1. The summed E-state index contributed by atoms with van der Waals surface area (Å²) in [6.45, 7) is 8.93. The fourth-order valence-corrected chi connectivity index (χ4v) is 4.22. The first-order chi connectivity index (χ1) is 11.9. The average Bonchev–Trinajstić information content (AvgIpc) is 3.04. The van der Waals surface area contributed by atoms with Crippen LogP contribution in [0.25, 0.3) is 0 Å². The highest BCUT2D eigenvalue weighted by Gasteiger charge is 2.59. The Balaban J connectivity index is 0.00000243. The molecule has 1 aromatic carbocycles. The molecule has 1 aromatic rings. The lowest BCUT2D eigenvalue weighted by Crippen LogP contribution is -2.68. The van der Waals surface area contributed by atoms with E-state index in [1.54, 1.807) is 0 Å². The van der Waals surface area contributed by atoms with Crippen molar-refractivity contribution in [2.45, 2.75) is 39.3 Å². The highest BCUT2D eigenvalue weighted by atomic mass is 127. The van der Waals surface area contributed by atoms with Gasteiger partial charge in [-0.2, -0.15) is 0 Å².